The number of carbonyl (C=O) groups excluding carboxylic acids is 2. The van der Waals surface area contributed by atoms with Crippen LogP contribution in [0.3, 0.4) is 0 Å². The van der Waals surface area contributed by atoms with Gasteiger partial charge >= 0.3 is 11.9 Å². The summed E-state index contributed by atoms with van der Waals surface area (Å²) in [6.07, 6.45) is 30.4. The molecule has 0 unspecified atom stereocenters. The molecule has 0 N–H and O–H groups in total. The molecule has 0 spiro atoms. The Morgan fingerprint density at radius 2 is 0.787 bits per heavy atom. The second-order valence-corrected chi connectivity index (χ2v) is 14.8. The summed E-state index contributed by atoms with van der Waals surface area (Å²) in [6.45, 7) is 13.9. The summed E-state index contributed by atoms with van der Waals surface area (Å²) >= 11 is 0. The summed E-state index contributed by atoms with van der Waals surface area (Å²) in [5.74, 6) is -0.784. The number of esters is 2. The van der Waals surface area contributed by atoms with E-state index in [1.54, 1.807) is 6.92 Å². The minimum absolute atomic E-state index is 0.392. The van der Waals surface area contributed by atoms with E-state index in [2.05, 4.69) is 44.7 Å². The van der Waals surface area contributed by atoms with Crippen LogP contribution in [0.1, 0.15) is 195 Å². The van der Waals surface area contributed by atoms with Gasteiger partial charge in [0.25, 0.3) is 0 Å². The molecule has 0 atom stereocenters. The van der Waals surface area contributed by atoms with Crippen molar-refractivity contribution >= 4 is 11.9 Å². The molecular weight excluding hydrogens is 584 g/mol. The fourth-order valence-corrected chi connectivity index (χ4v) is 6.28. The summed E-state index contributed by atoms with van der Waals surface area (Å²) in [5.41, 5.74) is -1.21. The maximum atomic E-state index is 13.3. The molecule has 47 heavy (non-hydrogen) atoms. The predicted octanol–water partition coefficient (Wildman–Crippen LogP) is 11.1. The highest BCUT2D eigenvalue weighted by Crippen LogP contribution is 2.29. The minimum atomic E-state index is -1.21. The lowest BCUT2D eigenvalue weighted by atomic mass is 9.84. The van der Waals surface area contributed by atoms with Crippen molar-refractivity contribution in [1.82, 2.24) is 9.80 Å². The van der Waals surface area contributed by atoms with Crippen molar-refractivity contribution in [2.45, 2.75) is 195 Å². The number of nitrogens with zero attached hydrogens (tertiary/aromatic N) is 2. The number of unbranched alkanes of at least 4 members (excludes halogenated alkanes) is 20. The maximum Gasteiger partial charge on any atom is 0.323 e. The smallest absolute Gasteiger partial charge is 0.323 e. The second-order valence-electron chi connectivity index (χ2n) is 14.8. The van der Waals surface area contributed by atoms with Crippen LogP contribution in [0.5, 0.6) is 0 Å². The Labute approximate surface area is 293 Å². The monoisotopic (exact) mass is 667 g/mol. The second kappa shape index (κ2) is 33.4. The molecule has 0 radical (unpaired) electrons. The third-order valence-corrected chi connectivity index (χ3v) is 9.67. The van der Waals surface area contributed by atoms with Gasteiger partial charge < -0.3 is 19.3 Å². The molecule has 0 aliphatic rings. The Balaban J connectivity index is 4.74. The van der Waals surface area contributed by atoms with E-state index >= 15 is 0 Å². The Morgan fingerprint density at radius 1 is 0.447 bits per heavy atom. The predicted molar refractivity (Wildman–Crippen MR) is 202 cm³/mol. The average Bonchev–Trinajstić information content (AvgIpc) is 3.05. The molecule has 0 saturated carbocycles. The minimum Gasteiger partial charge on any atom is -0.465 e. The van der Waals surface area contributed by atoms with Crippen molar-refractivity contribution in [2.24, 2.45) is 5.41 Å². The fraction of sp³-hybridized carbons (Fsp3) is 0.951. The quantitative estimate of drug-likeness (QED) is 0.0377. The summed E-state index contributed by atoms with van der Waals surface area (Å²) in [6, 6.07) is 0. The van der Waals surface area contributed by atoms with Gasteiger partial charge in [-0.1, -0.05) is 149 Å². The van der Waals surface area contributed by atoms with Crippen molar-refractivity contribution in [3.63, 3.8) is 0 Å². The molecular formula is C41H82N2O4. The van der Waals surface area contributed by atoms with Gasteiger partial charge in [0.2, 0.25) is 0 Å². The summed E-state index contributed by atoms with van der Waals surface area (Å²) in [5, 5.41) is 0. The molecule has 0 aliphatic heterocycles. The Morgan fingerprint density at radius 3 is 1.19 bits per heavy atom. The van der Waals surface area contributed by atoms with Crippen molar-refractivity contribution in [1.29, 1.82) is 0 Å². The lowest BCUT2D eigenvalue weighted by Crippen LogP contribution is -2.39. The average molecular weight is 667 g/mol. The van der Waals surface area contributed by atoms with Gasteiger partial charge in [-0.15, -0.1) is 0 Å². The van der Waals surface area contributed by atoms with Gasteiger partial charge in [0.05, 0.1) is 13.2 Å². The molecule has 0 fully saturated rings. The first-order chi connectivity index (χ1) is 22.8. The molecule has 280 valence electrons. The lowest BCUT2D eigenvalue weighted by molar-refractivity contribution is -0.172. The van der Waals surface area contributed by atoms with Crippen LogP contribution in [-0.2, 0) is 19.1 Å². The SMILES string of the molecule is CCCCCCCCCCN(CCCCCCC(C)(C(=O)OCCCCCCCC)C(=O)OCCCCCCCC)CCCN(C)C. The van der Waals surface area contributed by atoms with E-state index in [4.69, 9.17) is 9.47 Å². The van der Waals surface area contributed by atoms with Gasteiger partial charge in [-0.05, 0) is 85.7 Å². The van der Waals surface area contributed by atoms with E-state index in [1.807, 2.05) is 0 Å². The van der Waals surface area contributed by atoms with E-state index in [1.165, 1.54) is 129 Å². The standard InChI is InChI=1S/C41H82N2O4/c1-7-10-13-16-19-20-22-27-34-43(36-31-33-42(5)6)35-28-23-21-26-32-41(4,39(44)46-37-29-24-17-14-11-8-2)40(45)47-38-30-25-18-15-12-9-3/h7-38H2,1-6H3. The van der Waals surface area contributed by atoms with Crippen molar-refractivity contribution < 1.29 is 19.1 Å². The van der Waals surface area contributed by atoms with Gasteiger partial charge in [0.15, 0.2) is 5.41 Å². The highest BCUT2D eigenvalue weighted by atomic mass is 16.6. The largest absolute Gasteiger partial charge is 0.465 e. The molecule has 0 aromatic carbocycles. The van der Waals surface area contributed by atoms with Gasteiger partial charge in [-0.2, -0.15) is 0 Å². The molecule has 0 aromatic heterocycles. The number of carbonyl (C=O) groups is 2. The molecule has 0 aromatic rings. The summed E-state index contributed by atoms with van der Waals surface area (Å²) in [7, 11) is 4.32. The maximum absolute atomic E-state index is 13.3. The van der Waals surface area contributed by atoms with Crippen LogP contribution in [0.25, 0.3) is 0 Å². The van der Waals surface area contributed by atoms with Crippen LogP contribution < -0.4 is 0 Å². The normalized spacial score (nSPS) is 11.9. The van der Waals surface area contributed by atoms with Crippen LogP contribution >= 0.6 is 0 Å². The van der Waals surface area contributed by atoms with Crippen LogP contribution in [0, 0.1) is 5.41 Å². The highest BCUT2D eigenvalue weighted by Gasteiger charge is 2.43. The van der Waals surface area contributed by atoms with Crippen molar-refractivity contribution in [3.8, 4) is 0 Å². The van der Waals surface area contributed by atoms with Gasteiger partial charge in [0.1, 0.15) is 0 Å². The van der Waals surface area contributed by atoms with Crippen LogP contribution in [-0.4, -0.2) is 75.2 Å². The van der Waals surface area contributed by atoms with E-state index in [0.717, 1.165) is 58.0 Å². The first-order valence-electron chi connectivity index (χ1n) is 20.5. The Bertz CT molecular complexity index is 669. The van der Waals surface area contributed by atoms with Gasteiger partial charge in [0, 0.05) is 0 Å². The van der Waals surface area contributed by atoms with Crippen LogP contribution in [0.15, 0.2) is 0 Å². The topological polar surface area (TPSA) is 59.1 Å². The van der Waals surface area contributed by atoms with Crippen LogP contribution in [0.4, 0.5) is 0 Å². The Kier molecular flexibility index (Phi) is 32.6. The zero-order valence-electron chi connectivity index (χ0n) is 32.7. The fourth-order valence-electron chi connectivity index (χ4n) is 6.28. The number of hydrogen-bond donors (Lipinski definition) is 0. The Hall–Kier alpha value is -1.14. The van der Waals surface area contributed by atoms with Crippen molar-refractivity contribution in [3.05, 3.63) is 0 Å². The molecule has 0 rings (SSSR count). The van der Waals surface area contributed by atoms with Gasteiger partial charge in [-0.3, -0.25) is 9.59 Å². The van der Waals surface area contributed by atoms with Crippen LogP contribution in [0.2, 0.25) is 0 Å². The first-order valence-corrected chi connectivity index (χ1v) is 20.5. The van der Waals surface area contributed by atoms with Crippen molar-refractivity contribution in [2.75, 3.05) is 53.5 Å². The zero-order valence-corrected chi connectivity index (χ0v) is 32.7. The summed E-state index contributed by atoms with van der Waals surface area (Å²) < 4.78 is 11.4. The molecule has 0 heterocycles. The number of hydrogen-bond acceptors (Lipinski definition) is 6. The third-order valence-electron chi connectivity index (χ3n) is 9.67. The van der Waals surface area contributed by atoms with E-state index in [-0.39, 0.29) is 0 Å². The molecule has 0 aliphatic carbocycles. The number of ether oxygens (including phenoxy) is 2. The molecule has 0 saturated heterocycles. The van der Waals surface area contributed by atoms with Gasteiger partial charge in [-0.25, -0.2) is 0 Å². The zero-order chi connectivity index (χ0) is 34.9. The third kappa shape index (κ3) is 27.4. The molecule has 0 bridgehead atoms. The molecule has 6 heteroatoms. The number of rotatable bonds is 36. The molecule has 6 nitrogen and oxygen atoms in total. The first kappa shape index (κ1) is 45.9. The van der Waals surface area contributed by atoms with E-state index in [9.17, 15) is 9.59 Å². The van der Waals surface area contributed by atoms with E-state index in [0.29, 0.717) is 19.6 Å². The van der Waals surface area contributed by atoms with E-state index < -0.39 is 17.4 Å². The summed E-state index contributed by atoms with van der Waals surface area (Å²) in [4.78, 5) is 31.5. The highest BCUT2D eigenvalue weighted by molar-refractivity contribution is 5.99. The molecule has 0 amide bonds. The lowest BCUT2D eigenvalue weighted by Gasteiger charge is -2.26.